The second-order valence-corrected chi connectivity index (χ2v) is 7.10. The van der Waals surface area contributed by atoms with Crippen molar-refractivity contribution in [3.05, 3.63) is 44.4 Å². The molecule has 1 atom stereocenters. The molecule has 1 fully saturated rings. The summed E-state index contributed by atoms with van der Waals surface area (Å²) < 4.78 is 8.13. The molecule has 0 aromatic carbocycles. The average Bonchev–Trinajstić information content (AvgIpc) is 2.58. The first-order valence-electron chi connectivity index (χ1n) is 7.93. The SMILES string of the molecule is O=C(O)c1cn(CC2CCOCC2)cc(C2NC=C(Br)CN2)c1=O. The Morgan fingerprint density at radius 3 is 2.75 bits per heavy atom. The summed E-state index contributed by atoms with van der Waals surface area (Å²) in [6.07, 6.45) is 6.45. The molecule has 0 saturated carbocycles. The lowest BCUT2D eigenvalue weighted by atomic mass is 10.00. The molecule has 1 unspecified atom stereocenters. The molecule has 1 aromatic heterocycles. The molecule has 8 heteroatoms. The third kappa shape index (κ3) is 3.88. The van der Waals surface area contributed by atoms with E-state index >= 15 is 0 Å². The minimum atomic E-state index is -1.20. The molecule has 3 rings (SSSR count). The highest BCUT2D eigenvalue weighted by molar-refractivity contribution is 9.11. The molecule has 1 aromatic rings. The molecule has 0 radical (unpaired) electrons. The fourth-order valence-corrected chi connectivity index (χ4v) is 3.32. The highest BCUT2D eigenvalue weighted by Crippen LogP contribution is 2.19. The number of nitrogens with zero attached hydrogens (tertiary/aromatic N) is 1. The average molecular weight is 398 g/mol. The smallest absolute Gasteiger partial charge is 0.341 e. The van der Waals surface area contributed by atoms with Gasteiger partial charge in [-0.15, -0.1) is 0 Å². The molecule has 7 nitrogen and oxygen atoms in total. The predicted molar refractivity (Wildman–Crippen MR) is 92.1 cm³/mol. The minimum absolute atomic E-state index is 0.197. The Kier molecular flexibility index (Phi) is 5.37. The van der Waals surface area contributed by atoms with Crippen molar-refractivity contribution in [3.63, 3.8) is 0 Å². The number of halogens is 1. The van der Waals surface area contributed by atoms with Crippen LogP contribution in [0.3, 0.4) is 0 Å². The van der Waals surface area contributed by atoms with Crippen LogP contribution in [-0.4, -0.2) is 35.4 Å². The number of carboxylic acids is 1. The second-order valence-electron chi connectivity index (χ2n) is 6.09. The normalized spacial score (nSPS) is 21.9. The fourth-order valence-electron chi connectivity index (χ4n) is 3.03. The van der Waals surface area contributed by atoms with Crippen LogP contribution >= 0.6 is 15.9 Å². The van der Waals surface area contributed by atoms with Gasteiger partial charge < -0.3 is 19.7 Å². The van der Waals surface area contributed by atoms with E-state index in [0.717, 1.165) is 30.5 Å². The Bertz CT molecular complexity index is 710. The maximum Gasteiger partial charge on any atom is 0.341 e. The Morgan fingerprint density at radius 2 is 2.12 bits per heavy atom. The van der Waals surface area contributed by atoms with Crippen LogP contribution in [0.25, 0.3) is 0 Å². The molecular weight excluding hydrogens is 378 g/mol. The summed E-state index contributed by atoms with van der Waals surface area (Å²) >= 11 is 3.37. The maximum absolute atomic E-state index is 12.5. The van der Waals surface area contributed by atoms with E-state index in [2.05, 4.69) is 26.6 Å². The lowest BCUT2D eigenvalue weighted by Crippen LogP contribution is -2.40. The second kappa shape index (κ2) is 7.50. The van der Waals surface area contributed by atoms with Gasteiger partial charge in [-0.2, -0.15) is 0 Å². The number of carbonyl (C=O) groups is 1. The standard InChI is InChI=1S/C16H20BrN3O4/c17-11-5-18-15(19-6-11)12-8-20(7-10-1-3-24-4-2-10)9-13(14(12)21)16(22)23/h5,8-10,15,18-19H,1-4,6-7H2,(H,22,23). The van der Waals surface area contributed by atoms with Crippen LogP contribution in [0.4, 0.5) is 0 Å². The van der Waals surface area contributed by atoms with Crippen molar-refractivity contribution in [1.29, 1.82) is 0 Å². The van der Waals surface area contributed by atoms with E-state index in [4.69, 9.17) is 4.74 Å². The monoisotopic (exact) mass is 397 g/mol. The van der Waals surface area contributed by atoms with Gasteiger partial charge in [0.05, 0.1) is 5.56 Å². The summed E-state index contributed by atoms with van der Waals surface area (Å²) in [4.78, 5) is 24.0. The van der Waals surface area contributed by atoms with Crippen LogP contribution in [-0.2, 0) is 11.3 Å². The van der Waals surface area contributed by atoms with Gasteiger partial charge in [0.25, 0.3) is 0 Å². The Hall–Kier alpha value is -1.64. The van der Waals surface area contributed by atoms with Crippen molar-refractivity contribution in [3.8, 4) is 0 Å². The van der Waals surface area contributed by atoms with Gasteiger partial charge in [0.2, 0.25) is 5.43 Å². The topological polar surface area (TPSA) is 92.6 Å². The number of hydrogen-bond acceptors (Lipinski definition) is 5. The van der Waals surface area contributed by atoms with Crippen molar-refractivity contribution in [2.45, 2.75) is 25.6 Å². The number of aromatic carboxylic acids is 1. The quantitative estimate of drug-likeness (QED) is 0.710. The number of aromatic nitrogens is 1. The minimum Gasteiger partial charge on any atom is -0.477 e. The van der Waals surface area contributed by atoms with Crippen molar-refractivity contribution >= 4 is 21.9 Å². The van der Waals surface area contributed by atoms with Crippen molar-refractivity contribution in [2.75, 3.05) is 19.8 Å². The number of hydrogen-bond donors (Lipinski definition) is 3. The Balaban J connectivity index is 1.91. The first kappa shape index (κ1) is 17.2. The summed E-state index contributed by atoms with van der Waals surface area (Å²) in [5.74, 6) is -0.771. The zero-order valence-corrected chi connectivity index (χ0v) is 14.7. The van der Waals surface area contributed by atoms with Gasteiger partial charge >= 0.3 is 5.97 Å². The summed E-state index contributed by atoms with van der Waals surface area (Å²) in [6.45, 7) is 2.72. The largest absolute Gasteiger partial charge is 0.477 e. The number of carboxylic acid groups (broad SMARTS) is 1. The van der Waals surface area contributed by atoms with E-state index < -0.39 is 17.6 Å². The molecule has 0 bridgehead atoms. The lowest BCUT2D eigenvalue weighted by Gasteiger charge is -2.26. The van der Waals surface area contributed by atoms with Gasteiger partial charge in [-0.05, 0) is 18.8 Å². The van der Waals surface area contributed by atoms with E-state index in [1.54, 1.807) is 12.4 Å². The molecule has 0 amide bonds. The van der Waals surface area contributed by atoms with Crippen LogP contribution in [0.1, 0.15) is 34.9 Å². The number of ether oxygens (including phenoxy) is 1. The van der Waals surface area contributed by atoms with Gasteiger partial charge in [0, 0.05) is 49.4 Å². The van der Waals surface area contributed by atoms with Gasteiger partial charge in [-0.3, -0.25) is 10.1 Å². The molecule has 3 N–H and O–H groups in total. The van der Waals surface area contributed by atoms with E-state index in [1.165, 1.54) is 6.20 Å². The number of nitrogens with one attached hydrogen (secondary N) is 2. The predicted octanol–water partition coefficient (Wildman–Crippen LogP) is 1.40. The third-order valence-electron chi connectivity index (χ3n) is 4.34. The van der Waals surface area contributed by atoms with Crippen molar-refractivity contribution < 1.29 is 14.6 Å². The number of pyridine rings is 1. The zero-order chi connectivity index (χ0) is 17.1. The van der Waals surface area contributed by atoms with E-state index in [0.29, 0.717) is 24.6 Å². The van der Waals surface area contributed by atoms with Crippen LogP contribution < -0.4 is 16.1 Å². The van der Waals surface area contributed by atoms with Crippen molar-refractivity contribution in [1.82, 2.24) is 15.2 Å². The molecule has 130 valence electrons. The summed E-state index contributed by atoms with van der Waals surface area (Å²) in [5, 5.41) is 15.6. The molecule has 2 aliphatic heterocycles. The van der Waals surface area contributed by atoms with Crippen LogP contribution in [0.2, 0.25) is 0 Å². The highest BCUT2D eigenvalue weighted by atomic mass is 79.9. The highest BCUT2D eigenvalue weighted by Gasteiger charge is 2.23. The van der Waals surface area contributed by atoms with Gasteiger partial charge in [0.1, 0.15) is 11.7 Å². The van der Waals surface area contributed by atoms with Gasteiger partial charge in [0.15, 0.2) is 0 Å². The van der Waals surface area contributed by atoms with Gasteiger partial charge in [-0.25, -0.2) is 4.79 Å². The van der Waals surface area contributed by atoms with Crippen LogP contribution in [0.15, 0.2) is 27.9 Å². The molecule has 0 spiro atoms. The lowest BCUT2D eigenvalue weighted by molar-refractivity contribution is 0.0608. The van der Waals surface area contributed by atoms with E-state index in [1.807, 2.05) is 4.57 Å². The van der Waals surface area contributed by atoms with E-state index in [-0.39, 0.29) is 5.56 Å². The van der Waals surface area contributed by atoms with Crippen LogP contribution in [0, 0.1) is 5.92 Å². The first-order chi connectivity index (χ1) is 11.5. The fraction of sp³-hybridized carbons (Fsp3) is 0.500. The van der Waals surface area contributed by atoms with Crippen molar-refractivity contribution in [2.24, 2.45) is 5.92 Å². The molecule has 3 heterocycles. The van der Waals surface area contributed by atoms with Gasteiger partial charge in [-0.1, -0.05) is 15.9 Å². The summed E-state index contributed by atoms with van der Waals surface area (Å²) in [5.41, 5.74) is -0.239. The molecule has 24 heavy (non-hydrogen) atoms. The number of rotatable bonds is 4. The van der Waals surface area contributed by atoms with E-state index in [9.17, 15) is 14.7 Å². The molecule has 2 aliphatic rings. The zero-order valence-electron chi connectivity index (χ0n) is 13.1. The Morgan fingerprint density at radius 1 is 1.38 bits per heavy atom. The summed E-state index contributed by atoms with van der Waals surface area (Å²) in [7, 11) is 0. The maximum atomic E-state index is 12.5. The first-order valence-corrected chi connectivity index (χ1v) is 8.73. The molecule has 1 saturated heterocycles. The molecule has 0 aliphatic carbocycles. The molecular formula is C16H20BrN3O4. The summed E-state index contributed by atoms with van der Waals surface area (Å²) in [6, 6.07) is 0. The third-order valence-corrected chi connectivity index (χ3v) is 4.85. The Labute approximate surface area is 147 Å². The van der Waals surface area contributed by atoms with Crippen LogP contribution in [0.5, 0.6) is 0 Å².